The van der Waals surface area contributed by atoms with Crippen LogP contribution in [0.4, 0.5) is 0 Å². The molecule has 2 unspecified atom stereocenters. The Morgan fingerprint density at radius 1 is 0.913 bits per heavy atom. The molecule has 0 aromatic rings. The van der Waals surface area contributed by atoms with Crippen LogP contribution in [0.15, 0.2) is 0 Å². The van der Waals surface area contributed by atoms with Crippen molar-refractivity contribution >= 4 is 11.9 Å². The van der Waals surface area contributed by atoms with E-state index in [2.05, 4.69) is 13.8 Å². The SMILES string of the molecule is CCOC(=O)C1CCCCC1C(=O)OCCCCCCC(C)C. The summed E-state index contributed by atoms with van der Waals surface area (Å²) in [5, 5.41) is 0. The van der Waals surface area contributed by atoms with Crippen LogP contribution in [0.5, 0.6) is 0 Å². The predicted molar refractivity (Wildman–Crippen MR) is 91.0 cm³/mol. The van der Waals surface area contributed by atoms with Crippen LogP contribution in [0.1, 0.15) is 78.6 Å². The normalized spacial score (nSPS) is 21.2. The smallest absolute Gasteiger partial charge is 0.309 e. The molecule has 2 atom stereocenters. The third-order valence-corrected chi connectivity index (χ3v) is 4.58. The van der Waals surface area contributed by atoms with Crippen LogP contribution in [-0.4, -0.2) is 25.2 Å². The molecular weight excluding hydrogens is 292 g/mol. The first-order valence-electron chi connectivity index (χ1n) is 9.39. The van der Waals surface area contributed by atoms with Crippen molar-refractivity contribution in [2.24, 2.45) is 17.8 Å². The van der Waals surface area contributed by atoms with Crippen molar-refractivity contribution in [1.82, 2.24) is 0 Å². The van der Waals surface area contributed by atoms with Crippen molar-refractivity contribution in [3.63, 3.8) is 0 Å². The summed E-state index contributed by atoms with van der Waals surface area (Å²) in [6, 6.07) is 0. The molecule has 0 aliphatic heterocycles. The summed E-state index contributed by atoms with van der Waals surface area (Å²) in [6.45, 7) is 7.13. The summed E-state index contributed by atoms with van der Waals surface area (Å²) in [5.74, 6) is -0.280. The monoisotopic (exact) mass is 326 g/mol. The number of carbonyl (C=O) groups is 2. The molecule has 0 aromatic heterocycles. The molecule has 1 aliphatic rings. The van der Waals surface area contributed by atoms with Crippen LogP contribution >= 0.6 is 0 Å². The molecule has 0 N–H and O–H groups in total. The van der Waals surface area contributed by atoms with Crippen molar-refractivity contribution in [1.29, 1.82) is 0 Å². The Morgan fingerprint density at radius 2 is 1.48 bits per heavy atom. The van der Waals surface area contributed by atoms with Crippen LogP contribution in [0.3, 0.4) is 0 Å². The minimum atomic E-state index is -0.303. The van der Waals surface area contributed by atoms with Gasteiger partial charge in [0.05, 0.1) is 25.0 Å². The van der Waals surface area contributed by atoms with Gasteiger partial charge in [-0.2, -0.15) is 0 Å². The van der Waals surface area contributed by atoms with Crippen LogP contribution in [-0.2, 0) is 19.1 Å². The van der Waals surface area contributed by atoms with Gasteiger partial charge in [0.1, 0.15) is 0 Å². The summed E-state index contributed by atoms with van der Waals surface area (Å²) in [7, 11) is 0. The summed E-state index contributed by atoms with van der Waals surface area (Å²) < 4.78 is 10.5. The molecule has 0 heterocycles. The summed E-state index contributed by atoms with van der Waals surface area (Å²) in [6.07, 6.45) is 9.21. The lowest BCUT2D eigenvalue weighted by atomic mass is 9.79. The highest BCUT2D eigenvalue weighted by Crippen LogP contribution is 2.32. The predicted octanol–water partition coefficient (Wildman–Crippen LogP) is 4.51. The van der Waals surface area contributed by atoms with Gasteiger partial charge in [0.2, 0.25) is 0 Å². The van der Waals surface area contributed by atoms with E-state index in [0.717, 1.165) is 44.4 Å². The first-order valence-corrected chi connectivity index (χ1v) is 9.39. The Morgan fingerprint density at radius 3 is 2.04 bits per heavy atom. The number of hydrogen-bond donors (Lipinski definition) is 0. The first-order chi connectivity index (χ1) is 11.1. The van der Waals surface area contributed by atoms with Crippen molar-refractivity contribution in [2.45, 2.75) is 78.6 Å². The Balaban J connectivity index is 2.25. The molecule has 0 spiro atoms. The first kappa shape index (κ1) is 20.0. The Kier molecular flexibility index (Phi) is 9.97. The molecule has 1 aliphatic carbocycles. The van der Waals surface area contributed by atoms with Gasteiger partial charge in [0.15, 0.2) is 0 Å². The quantitative estimate of drug-likeness (QED) is 0.438. The molecular formula is C19H34O4. The number of rotatable bonds is 10. The third-order valence-electron chi connectivity index (χ3n) is 4.58. The standard InChI is InChI=1S/C19H34O4/c1-4-22-18(20)16-12-8-9-13-17(16)19(21)23-14-10-6-5-7-11-15(2)3/h15-17H,4-14H2,1-3H3. The number of esters is 2. The largest absolute Gasteiger partial charge is 0.466 e. The molecule has 0 amide bonds. The van der Waals surface area contributed by atoms with Crippen molar-refractivity contribution in [3.05, 3.63) is 0 Å². The fourth-order valence-corrected chi connectivity index (χ4v) is 3.23. The minimum Gasteiger partial charge on any atom is -0.466 e. The second-order valence-corrected chi connectivity index (χ2v) is 7.01. The molecule has 0 saturated heterocycles. The van der Waals surface area contributed by atoms with E-state index in [0.29, 0.717) is 13.2 Å². The fraction of sp³-hybridized carbons (Fsp3) is 0.895. The van der Waals surface area contributed by atoms with Crippen molar-refractivity contribution in [3.8, 4) is 0 Å². The lowest BCUT2D eigenvalue weighted by Crippen LogP contribution is -2.35. The molecule has 134 valence electrons. The van der Waals surface area contributed by atoms with E-state index < -0.39 is 0 Å². The van der Waals surface area contributed by atoms with E-state index in [1.54, 1.807) is 6.92 Å². The molecule has 4 heteroatoms. The summed E-state index contributed by atoms with van der Waals surface area (Å²) >= 11 is 0. The number of hydrogen-bond acceptors (Lipinski definition) is 4. The Bertz CT molecular complexity index is 351. The maximum Gasteiger partial charge on any atom is 0.309 e. The molecule has 1 fully saturated rings. The molecule has 4 nitrogen and oxygen atoms in total. The van der Waals surface area contributed by atoms with E-state index >= 15 is 0 Å². The Labute approximate surface area is 141 Å². The molecule has 1 rings (SSSR count). The van der Waals surface area contributed by atoms with E-state index in [9.17, 15) is 9.59 Å². The van der Waals surface area contributed by atoms with Crippen molar-refractivity contribution < 1.29 is 19.1 Å². The average Bonchev–Trinajstić information content (AvgIpc) is 2.53. The van der Waals surface area contributed by atoms with Gasteiger partial charge in [-0.05, 0) is 32.1 Å². The maximum absolute atomic E-state index is 12.3. The van der Waals surface area contributed by atoms with E-state index in [1.807, 2.05) is 0 Å². The van der Waals surface area contributed by atoms with E-state index in [1.165, 1.54) is 19.3 Å². The van der Waals surface area contributed by atoms with Crippen molar-refractivity contribution in [2.75, 3.05) is 13.2 Å². The number of ether oxygens (including phenoxy) is 2. The summed E-state index contributed by atoms with van der Waals surface area (Å²) in [5.41, 5.74) is 0. The van der Waals surface area contributed by atoms with E-state index in [-0.39, 0.29) is 23.8 Å². The highest BCUT2D eigenvalue weighted by molar-refractivity contribution is 5.82. The molecule has 0 radical (unpaired) electrons. The summed E-state index contributed by atoms with van der Waals surface area (Å²) in [4.78, 5) is 24.3. The van der Waals surface area contributed by atoms with Crippen LogP contribution in [0.2, 0.25) is 0 Å². The topological polar surface area (TPSA) is 52.6 Å². The van der Waals surface area contributed by atoms with Gasteiger partial charge in [0, 0.05) is 0 Å². The molecule has 1 saturated carbocycles. The maximum atomic E-state index is 12.3. The van der Waals surface area contributed by atoms with Gasteiger partial charge in [0.25, 0.3) is 0 Å². The third kappa shape index (κ3) is 7.85. The van der Waals surface area contributed by atoms with Crippen LogP contribution in [0, 0.1) is 17.8 Å². The fourth-order valence-electron chi connectivity index (χ4n) is 3.23. The van der Waals surface area contributed by atoms with Gasteiger partial charge in [-0.3, -0.25) is 9.59 Å². The molecule has 23 heavy (non-hydrogen) atoms. The minimum absolute atomic E-state index is 0.204. The lowest BCUT2D eigenvalue weighted by molar-refractivity contribution is -0.162. The van der Waals surface area contributed by atoms with Gasteiger partial charge < -0.3 is 9.47 Å². The second-order valence-electron chi connectivity index (χ2n) is 7.01. The van der Waals surface area contributed by atoms with Gasteiger partial charge in [-0.25, -0.2) is 0 Å². The molecule has 0 bridgehead atoms. The van der Waals surface area contributed by atoms with E-state index in [4.69, 9.17) is 9.47 Å². The zero-order chi connectivity index (χ0) is 17.1. The molecule has 0 aromatic carbocycles. The lowest BCUT2D eigenvalue weighted by Gasteiger charge is -2.28. The number of unbranched alkanes of at least 4 members (excludes halogenated alkanes) is 3. The second kappa shape index (κ2) is 11.5. The highest BCUT2D eigenvalue weighted by atomic mass is 16.5. The number of carbonyl (C=O) groups excluding carboxylic acids is 2. The van der Waals surface area contributed by atoms with Gasteiger partial charge in [-0.1, -0.05) is 52.4 Å². The zero-order valence-corrected chi connectivity index (χ0v) is 15.1. The van der Waals surface area contributed by atoms with Crippen LogP contribution < -0.4 is 0 Å². The van der Waals surface area contributed by atoms with Gasteiger partial charge >= 0.3 is 11.9 Å². The van der Waals surface area contributed by atoms with Crippen LogP contribution in [0.25, 0.3) is 0 Å². The highest BCUT2D eigenvalue weighted by Gasteiger charge is 2.37. The zero-order valence-electron chi connectivity index (χ0n) is 15.1. The van der Waals surface area contributed by atoms with Gasteiger partial charge in [-0.15, -0.1) is 0 Å². The Hall–Kier alpha value is -1.06. The average molecular weight is 326 g/mol.